The highest BCUT2D eigenvalue weighted by atomic mass is 79.9. The van der Waals surface area contributed by atoms with E-state index in [1.54, 1.807) is 30.3 Å². The molecule has 0 unspecified atom stereocenters. The molecular formula is C11H16BrNO2S2. The zero-order chi connectivity index (χ0) is 12.8. The fourth-order valence-corrected chi connectivity index (χ4v) is 4.44. The van der Waals surface area contributed by atoms with Crippen molar-refractivity contribution < 1.29 is 9.00 Å². The van der Waals surface area contributed by atoms with Crippen LogP contribution in [0.3, 0.4) is 0 Å². The molecule has 1 aromatic rings. The lowest BCUT2D eigenvalue weighted by atomic mass is 10.3. The summed E-state index contributed by atoms with van der Waals surface area (Å²) in [5.41, 5.74) is 0. The predicted molar refractivity (Wildman–Crippen MR) is 76.7 cm³/mol. The highest BCUT2D eigenvalue weighted by molar-refractivity contribution is 9.10. The zero-order valence-electron chi connectivity index (χ0n) is 9.94. The Hall–Kier alpha value is -0.200. The van der Waals surface area contributed by atoms with E-state index in [9.17, 15) is 9.00 Å². The molecule has 0 spiro atoms. The lowest BCUT2D eigenvalue weighted by molar-refractivity contribution is -0.128. The van der Waals surface area contributed by atoms with Gasteiger partial charge in [-0.3, -0.25) is 9.00 Å². The minimum absolute atomic E-state index is 0.0966. The summed E-state index contributed by atoms with van der Waals surface area (Å²) in [6.07, 6.45) is 1.16. The van der Waals surface area contributed by atoms with Gasteiger partial charge in [0.1, 0.15) is 0 Å². The molecule has 0 aliphatic rings. The molecule has 0 aliphatic carbocycles. The van der Waals surface area contributed by atoms with Gasteiger partial charge in [-0.05, 0) is 33.8 Å². The van der Waals surface area contributed by atoms with Gasteiger partial charge in [0.05, 0.1) is 5.75 Å². The number of nitrogens with zero attached hydrogens (tertiary/aromatic N) is 1. The third-order valence-corrected chi connectivity index (χ3v) is 5.71. The Labute approximate surface area is 117 Å². The molecule has 0 bridgehead atoms. The van der Waals surface area contributed by atoms with E-state index in [0.29, 0.717) is 24.3 Å². The summed E-state index contributed by atoms with van der Waals surface area (Å²) in [5, 5.41) is 1.98. The largest absolute Gasteiger partial charge is 0.349 e. The number of thiophene rings is 1. The molecule has 1 rings (SSSR count). The van der Waals surface area contributed by atoms with Crippen LogP contribution in [-0.4, -0.2) is 34.9 Å². The van der Waals surface area contributed by atoms with Crippen molar-refractivity contribution in [3.05, 3.63) is 20.8 Å². The van der Waals surface area contributed by atoms with Crippen LogP contribution in [0.2, 0.25) is 0 Å². The van der Waals surface area contributed by atoms with E-state index < -0.39 is 10.8 Å². The quantitative estimate of drug-likeness (QED) is 0.800. The molecule has 6 heteroatoms. The fourth-order valence-electron chi connectivity index (χ4n) is 1.25. The molecule has 0 radical (unpaired) electrons. The molecule has 0 aliphatic heterocycles. The smallest absolute Gasteiger partial charge is 0.222 e. The number of carbonyl (C=O) groups excluding carboxylic acids is 1. The SMILES string of the molecule is CN(C)C(=O)CCC[S@@](=O)Cc1sccc1Br. The number of hydrogen-bond acceptors (Lipinski definition) is 3. The van der Waals surface area contributed by atoms with Crippen molar-refractivity contribution in [2.75, 3.05) is 19.8 Å². The first-order valence-corrected chi connectivity index (χ1v) is 8.43. The third kappa shape index (κ3) is 5.31. The number of amides is 1. The van der Waals surface area contributed by atoms with Crippen LogP contribution in [-0.2, 0) is 21.3 Å². The van der Waals surface area contributed by atoms with Crippen LogP contribution in [0.4, 0.5) is 0 Å². The first-order chi connectivity index (χ1) is 8.00. The molecule has 96 valence electrons. The average molecular weight is 338 g/mol. The lowest BCUT2D eigenvalue weighted by Gasteiger charge is -2.09. The standard InChI is InChI=1S/C11H16BrNO2S2/c1-13(2)11(14)4-3-7-17(15)8-10-9(12)5-6-16-10/h5-6H,3-4,7-8H2,1-2H3/t17-/m1/s1. The van der Waals surface area contributed by atoms with Crippen LogP contribution in [0.15, 0.2) is 15.9 Å². The highest BCUT2D eigenvalue weighted by Crippen LogP contribution is 2.24. The van der Waals surface area contributed by atoms with Gasteiger partial charge in [-0.1, -0.05) is 0 Å². The molecule has 3 nitrogen and oxygen atoms in total. The summed E-state index contributed by atoms with van der Waals surface area (Å²) in [5.74, 6) is 1.26. The Morgan fingerprint density at radius 1 is 1.53 bits per heavy atom. The van der Waals surface area contributed by atoms with Crippen LogP contribution in [0.1, 0.15) is 17.7 Å². The van der Waals surface area contributed by atoms with Gasteiger partial charge >= 0.3 is 0 Å². The summed E-state index contributed by atoms with van der Waals surface area (Å²) in [6.45, 7) is 0. The molecule has 1 atom stereocenters. The number of halogens is 1. The maximum atomic E-state index is 11.8. The van der Waals surface area contributed by atoms with Crippen molar-refractivity contribution in [2.24, 2.45) is 0 Å². The van der Waals surface area contributed by atoms with Crippen molar-refractivity contribution in [1.82, 2.24) is 4.90 Å². The third-order valence-electron chi connectivity index (χ3n) is 2.24. The zero-order valence-corrected chi connectivity index (χ0v) is 13.2. The van der Waals surface area contributed by atoms with Crippen molar-refractivity contribution in [3.8, 4) is 0 Å². The summed E-state index contributed by atoms with van der Waals surface area (Å²) in [6, 6.07) is 1.97. The van der Waals surface area contributed by atoms with E-state index in [4.69, 9.17) is 0 Å². The summed E-state index contributed by atoms with van der Waals surface area (Å²) < 4.78 is 12.8. The van der Waals surface area contributed by atoms with E-state index in [0.717, 1.165) is 9.35 Å². The monoisotopic (exact) mass is 337 g/mol. The normalized spacial score (nSPS) is 12.4. The van der Waals surface area contributed by atoms with Crippen LogP contribution in [0, 0.1) is 0 Å². The summed E-state index contributed by atoms with van der Waals surface area (Å²) >= 11 is 5.03. The van der Waals surface area contributed by atoms with Gasteiger partial charge < -0.3 is 4.90 Å². The number of carbonyl (C=O) groups is 1. The van der Waals surface area contributed by atoms with E-state index in [-0.39, 0.29) is 5.91 Å². The van der Waals surface area contributed by atoms with Gasteiger partial charge in [0, 0.05) is 46.4 Å². The van der Waals surface area contributed by atoms with E-state index in [2.05, 4.69) is 15.9 Å². The Balaban J connectivity index is 2.27. The molecule has 17 heavy (non-hydrogen) atoms. The van der Waals surface area contributed by atoms with Gasteiger partial charge in [-0.2, -0.15) is 0 Å². The Kier molecular flexibility index (Phi) is 6.37. The predicted octanol–water partition coefficient (Wildman–Crippen LogP) is 2.63. The molecule has 0 N–H and O–H groups in total. The minimum atomic E-state index is -0.880. The van der Waals surface area contributed by atoms with Crippen LogP contribution < -0.4 is 0 Å². The van der Waals surface area contributed by atoms with Gasteiger partial charge in [-0.25, -0.2) is 0 Å². The highest BCUT2D eigenvalue weighted by Gasteiger charge is 2.09. The van der Waals surface area contributed by atoms with Crippen molar-refractivity contribution in [1.29, 1.82) is 0 Å². The van der Waals surface area contributed by atoms with E-state index in [1.807, 2.05) is 11.4 Å². The molecule has 1 heterocycles. The second-order valence-electron chi connectivity index (χ2n) is 3.87. The maximum Gasteiger partial charge on any atom is 0.222 e. The second-order valence-corrected chi connectivity index (χ2v) is 7.30. The van der Waals surface area contributed by atoms with Gasteiger partial charge in [-0.15, -0.1) is 11.3 Å². The first-order valence-electron chi connectivity index (χ1n) is 5.27. The van der Waals surface area contributed by atoms with E-state index in [1.165, 1.54) is 0 Å². The van der Waals surface area contributed by atoms with Gasteiger partial charge in [0.2, 0.25) is 5.91 Å². The molecule has 0 aromatic carbocycles. The fraction of sp³-hybridized carbons (Fsp3) is 0.545. The lowest BCUT2D eigenvalue weighted by Crippen LogP contribution is -2.21. The first kappa shape index (κ1) is 14.9. The Bertz CT molecular complexity index is 404. The molecule has 0 saturated heterocycles. The van der Waals surface area contributed by atoms with Crippen LogP contribution >= 0.6 is 27.3 Å². The minimum Gasteiger partial charge on any atom is -0.349 e. The van der Waals surface area contributed by atoms with Crippen LogP contribution in [0.25, 0.3) is 0 Å². The van der Waals surface area contributed by atoms with Gasteiger partial charge in [0.15, 0.2) is 0 Å². The van der Waals surface area contributed by atoms with Crippen molar-refractivity contribution >= 4 is 44.0 Å². The molecule has 0 saturated carbocycles. The van der Waals surface area contributed by atoms with E-state index >= 15 is 0 Å². The topological polar surface area (TPSA) is 37.4 Å². The average Bonchev–Trinajstić information content (AvgIpc) is 2.64. The number of rotatable bonds is 6. The maximum absolute atomic E-state index is 11.8. The second kappa shape index (κ2) is 7.28. The van der Waals surface area contributed by atoms with Crippen molar-refractivity contribution in [3.63, 3.8) is 0 Å². The Morgan fingerprint density at radius 3 is 2.76 bits per heavy atom. The Morgan fingerprint density at radius 2 is 2.24 bits per heavy atom. The molecule has 0 fully saturated rings. The molecule has 1 amide bonds. The van der Waals surface area contributed by atoms with Crippen molar-refractivity contribution in [2.45, 2.75) is 18.6 Å². The summed E-state index contributed by atoms with van der Waals surface area (Å²) in [7, 11) is 2.60. The number of hydrogen-bond donors (Lipinski definition) is 0. The van der Waals surface area contributed by atoms with Gasteiger partial charge in [0.25, 0.3) is 0 Å². The molecular weight excluding hydrogens is 322 g/mol. The summed E-state index contributed by atoms with van der Waals surface area (Å²) in [4.78, 5) is 14.0. The molecule has 1 aromatic heterocycles. The van der Waals surface area contributed by atoms with Crippen LogP contribution in [0.5, 0.6) is 0 Å².